The number of carbonyl (C=O) groups excluding carboxylic acids is 1. The molecule has 1 aromatic rings. The number of carbonyl (C=O) groups is 1. The molecule has 0 unspecified atom stereocenters. The first-order chi connectivity index (χ1) is 12.3. The highest BCUT2D eigenvalue weighted by atomic mass is 16.5. The van der Waals surface area contributed by atoms with Crippen LogP contribution in [0.3, 0.4) is 0 Å². The van der Waals surface area contributed by atoms with E-state index in [0.29, 0.717) is 5.75 Å². The molecule has 0 saturated heterocycles. The van der Waals surface area contributed by atoms with Gasteiger partial charge < -0.3 is 9.47 Å². The zero-order valence-corrected chi connectivity index (χ0v) is 15.3. The van der Waals surface area contributed by atoms with Crippen LogP contribution < -0.4 is 9.47 Å². The predicted octanol–water partition coefficient (Wildman–Crippen LogP) is 5.85. The maximum absolute atomic E-state index is 11.9. The van der Waals surface area contributed by atoms with Gasteiger partial charge in [-0.2, -0.15) is 0 Å². The third-order valence-electron chi connectivity index (χ3n) is 4.33. The van der Waals surface area contributed by atoms with E-state index in [9.17, 15) is 4.79 Å². The summed E-state index contributed by atoms with van der Waals surface area (Å²) in [4.78, 5) is 11.9. The Morgan fingerprint density at radius 2 is 1.40 bits per heavy atom. The third kappa shape index (κ3) is 7.59. The van der Waals surface area contributed by atoms with E-state index in [4.69, 9.17) is 9.47 Å². The molecule has 3 heteroatoms. The molecule has 0 spiro atoms. The quantitative estimate of drug-likeness (QED) is 0.271. The normalized spacial score (nSPS) is 13.3. The van der Waals surface area contributed by atoms with Crippen molar-refractivity contribution in [2.45, 2.75) is 58.3 Å². The van der Waals surface area contributed by atoms with Gasteiger partial charge in [-0.3, -0.25) is 4.79 Å². The van der Waals surface area contributed by atoms with Crippen LogP contribution in [-0.4, -0.2) is 12.6 Å². The molecular formula is C22H30O3. The second kappa shape index (κ2) is 11.5. The fourth-order valence-electron chi connectivity index (χ4n) is 2.80. The minimum Gasteiger partial charge on any atom is -0.494 e. The van der Waals surface area contributed by atoms with Crippen molar-refractivity contribution in [3.05, 3.63) is 48.6 Å². The first-order valence-electron chi connectivity index (χ1n) is 9.59. The molecule has 0 N–H and O–H groups in total. The van der Waals surface area contributed by atoms with E-state index in [0.717, 1.165) is 18.8 Å². The summed E-state index contributed by atoms with van der Waals surface area (Å²) in [6, 6.07) is 7.27. The Balaban J connectivity index is 1.56. The van der Waals surface area contributed by atoms with Gasteiger partial charge >= 0.3 is 5.97 Å². The molecule has 136 valence electrons. The molecule has 1 aliphatic rings. The van der Waals surface area contributed by atoms with Crippen LogP contribution in [0.25, 0.3) is 0 Å². The van der Waals surface area contributed by atoms with Gasteiger partial charge in [-0.05, 0) is 30.7 Å². The standard InChI is InChI=1S/C22H30O3/c1-2-3-4-5-6-7-8-11-18-24-20-14-16-21(17-15-20)25-22(23)19-12-9-10-13-19/h9-10,12-17,19H,2-8,11,18H2,1H3. The van der Waals surface area contributed by atoms with Gasteiger partial charge in [0.1, 0.15) is 11.5 Å². The van der Waals surface area contributed by atoms with Gasteiger partial charge in [-0.15, -0.1) is 0 Å². The number of hydrogen-bond acceptors (Lipinski definition) is 3. The summed E-state index contributed by atoms with van der Waals surface area (Å²) in [6.07, 6.45) is 17.7. The summed E-state index contributed by atoms with van der Waals surface area (Å²) in [5.74, 6) is 0.858. The van der Waals surface area contributed by atoms with E-state index in [1.807, 2.05) is 36.4 Å². The van der Waals surface area contributed by atoms with Gasteiger partial charge in [0, 0.05) is 0 Å². The number of benzene rings is 1. The lowest BCUT2D eigenvalue weighted by molar-refractivity contribution is -0.135. The molecule has 0 saturated carbocycles. The van der Waals surface area contributed by atoms with E-state index >= 15 is 0 Å². The van der Waals surface area contributed by atoms with Crippen LogP contribution in [-0.2, 0) is 4.79 Å². The topological polar surface area (TPSA) is 35.5 Å². The van der Waals surface area contributed by atoms with Crippen molar-refractivity contribution in [3.63, 3.8) is 0 Å². The Morgan fingerprint density at radius 1 is 0.840 bits per heavy atom. The number of hydrogen-bond donors (Lipinski definition) is 0. The van der Waals surface area contributed by atoms with Crippen molar-refractivity contribution in [3.8, 4) is 11.5 Å². The fourth-order valence-corrected chi connectivity index (χ4v) is 2.80. The van der Waals surface area contributed by atoms with Gasteiger partial charge in [0.25, 0.3) is 0 Å². The van der Waals surface area contributed by atoms with Crippen LogP contribution in [0.4, 0.5) is 0 Å². The lowest BCUT2D eigenvalue weighted by Gasteiger charge is -2.09. The summed E-state index contributed by atoms with van der Waals surface area (Å²) in [5.41, 5.74) is 0. The molecule has 0 aromatic heterocycles. The first-order valence-corrected chi connectivity index (χ1v) is 9.59. The number of rotatable bonds is 12. The molecule has 1 aliphatic carbocycles. The highest BCUT2D eigenvalue weighted by Crippen LogP contribution is 2.20. The minimum absolute atomic E-state index is 0.252. The molecule has 25 heavy (non-hydrogen) atoms. The van der Waals surface area contributed by atoms with Gasteiger partial charge in [0.15, 0.2) is 0 Å². The van der Waals surface area contributed by atoms with Crippen molar-refractivity contribution in [2.24, 2.45) is 5.92 Å². The summed E-state index contributed by atoms with van der Waals surface area (Å²) in [5, 5.41) is 0. The summed E-state index contributed by atoms with van der Waals surface area (Å²) >= 11 is 0. The Bertz CT molecular complexity index is 545. The van der Waals surface area contributed by atoms with Crippen molar-refractivity contribution < 1.29 is 14.3 Å². The van der Waals surface area contributed by atoms with E-state index in [-0.39, 0.29) is 11.9 Å². The van der Waals surface area contributed by atoms with Crippen LogP contribution in [0.5, 0.6) is 11.5 Å². The average molecular weight is 342 g/mol. The number of unbranched alkanes of at least 4 members (excludes halogenated alkanes) is 7. The van der Waals surface area contributed by atoms with E-state index in [1.54, 1.807) is 12.1 Å². The molecule has 3 nitrogen and oxygen atoms in total. The minimum atomic E-state index is -0.266. The summed E-state index contributed by atoms with van der Waals surface area (Å²) in [6.45, 7) is 2.99. The Kier molecular flexibility index (Phi) is 8.89. The van der Waals surface area contributed by atoms with Crippen LogP contribution in [0.15, 0.2) is 48.6 Å². The van der Waals surface area contributed by atoms with Crippen LogP contribution in [0.2, 0.25) is 0 Å². The third-order valence-corrected chi connectivity index (χ3v) is 4.33. The lowest BCUT2D eigenvalue weighted by Crippen LogP contribution is -2.15. The second-order valence-electron chi connectivity index (χ2n) is 6.51. The number of esters is 1. The molecule has 0 fully saturated rings. The monoisotopic (exact) mass is 342 g/mol. The summed E-state index contributed by atoms with van der Waals surface area (Å²) < 4.78 is 11.1. The van der Waals surface area contributed by atoms with Gasteiger partial charge in [-0.25, -0.2) is 0 Å². The largest absolute Gasteiger partial charge is 0.494 e. The number of allylic oxidation sites excluding steroid dienone is 2. The molecule has 0 radical (unpaired) electrons. The maximum Gasteiger partial charge on any atom is 0.322 e. The number of ether oxygens (including phenoxy) is 2. The molecule has 0 heterocycles. The van der Waals surface area contributed by atoms with Crippen LogP contribution >= 0.6 is 0 Å². The molecular weight excluding hydrogens is 312 g/mol. The maximum atomic E-state index is 11.9. The molecule has 0 bridgehead atoms. The molecule has 2 rings (SSSR count). The van der Waals surface area contributed by atoms with Crippen molar-refractivity contribution in [2.75, 3.05) is 6.61 Å². The smallest absolute Gasteiger partial charge is 0.322 e. The van der Waals surface area contributed by atoms with Gasteiger partial charge in [-0.1, -0.05) is 76.2 Å². The Morgan fingerprint density at radius 3 is 2.04 bits per heavy atom. The van der Waals surface area contributed by atoms with Gasteiger partial charge in [0.05, 0.1) is 12.5 Å². The van der Waals surface area contributed by atoms with Gasteiger partial charge in [0.2, 0.25) is 0 Å². The van der Waals surface area contributed by atoms with Crippen molar-refractivity contribution in [1.29, 1.82) is 0 Å². The highest BCUT2D eigenvalue weighted by molar-refractivity contribution is 5.79. The predicted molar refractivity (Wildman–Crippen MR) is 102 cm³/mol. The molecule has 0 aliphatic heterocycles. The molecule has 0 amide bonds. The van der Waals surface area contributed by atoms with Crippen LogP contribution in [0, 0.1) is 5.92 Å². The summed E-state index contributed by atoms with van der Waals surface area (Å²) in [7, 11) is 0. The first kappa shape index (κ1) is 19.3. The SMILES string of the molecule is CCCCCCCCCCOc1ccc(OC(=O)C2C=CC=C2)cc1. The van der Waals surface area contributed by atoms with Crippen molar-refractivity contribution >= 4 is 5.97 Å². The second-order valence-corrected chi connectivity index (χ2v) is 6.51. The average Bonchev–Trinajstić information content (AvgIpc) is 3.16. The van der Waals surface area contributed by atoms with E-state index in [1.165, 1.54) is 44.9 Å². The Hall–Kier alpha value is -2.03. The lowest BCUT2D eigenvalue weighted by atomic mass is 10.1. The molecule has 0 atom stereocenters. The fraction of sp³-hybridized carbons (Fsp3) is 0.500. The van der Waals surface area contributed by atoms with E-state index < -0.39 is 0 Å². The zero-order chi connectivity index (χ0) is 17.7. The molecule has 1 aromatic carbocycles. The van der Waals surface area contributed by atoms with E-state index in [2.05, 4.69) is 6.92 Å². The van der Waals surface area contributed by atoms with Crippen LogP contribution in [0.1, 0.15) is 58.3 Å². The Labute approximate surface area is 151 Å². The highest BCUT2D eigenvalue weighted by Gasteiger charge is 2.16. The van der Waals surface area contributed by atoms with Crippen molar-refractivity contribution in [1.82, 2.24) is 0 Å². The zero-order valence-electron chi connectivity index (χ0n) is 15.3.